The SMILES string of the molecule is O=C(CS(=O)[O-])OC1C2CC3COC1C3O2. The third kappa shape index (κ3) is 1.58. The fourth-order valence-electron chi connectivity index (χ4n) is 2.77. The van der Waals surface area contributed by atoms with Gasteiger partial charge in [0.15, 0.2) is 6.10 Å². The Labute approximate surface area is 94.5 Å². The van der Waals surface area contributed by atoms with Gasteiger partial charge in [-0.25, -0.2) is 0 Å². The van der Waals surface area contributed by atoms with E-state index in [4.69, 9.17) is 14.2 Å². The maximum Gasteiger partial charge on any atom is 0.317 e. The van der Waals surface area contributed by atoms with Crippen molar-refractivity contribution < 1.29 is 27.8 Å². The van der Waals surface area contributed by atoms with Crippen LogP contribution in [-0.4, -0.2) is 51.5 Å². The molecule has 0 radical (unpaired) electrons. The van der Waals surface area contributed by atoms with Crippen molar-refractivity contribution in [2.24, 2.45) is 5.92 Å². The van der Waals surface area contributed by atoms with Gasteiger partial charge in [0.2, 0.25) is 0 Å². The maximum absolute atomic E-state index is 11.2. The van der Waals surface area contributed by atoms with Crippen LogP contribution < -0.4 is 0 Å². The molecule has 0 aliphatic carbocycles. The summed E-state index contributed by atoms with van der Waals surface area (Å²) < 4.78 is 36.9. The molecule has 3 saturated heterocycles. The highest BCUT2D eigenvalue weighted by molar-refractivity contribution is 7.79. The fourth-order valence-corrected chi connectivity index (χ4v) is 3.03. The molecule has 3 fully saturated rings. The summed E-state index contributed by atoms with van der Waals surface area (Å²) in [5.74, 6) is -0.926. The summed E-state index contributed by atoms with van der Waals surface area (Å²) >= 11 is -2.41. The number of fused-ring (bicyclic) bond motifs is 1. The predicted molar refractivity (Wildman–Crippen MR) is 50.2 cm³/mol. The lowest BCUT2D eigenvalue weighted by Gasteiger charge is -2.23. The van der Waals surface area contributed by atoms with E-state index in [0.717, 1.165) is 6.42 Å². The molecule has 0 aromatic carbocycles. The first-order valence-corrected chi connectivity index (χ1v) is 6.42. The highest BCUT2D eigenvalue weighted by Gasteiger charge is 2.60. The van der Waals surface area contributed by atoms with Crippen LogP contribution in [0.2, 0.25) is 0 Å². The summed E-state index contributed by atoms with van der Waals surface area (Å²) in [6, 6.07) is 0. The molecule has 6 nitrogen and oxygen atoms in total. The molecule has 7 heteroatoms. The van der Waals surface area contributed by atoms with Crippen LogP contribution in [0.25, 0.3) is 0 Å². The normalized spacial score (nSPS) is 45.9. The summed E-state index contributed by atoms with van der Waals surface area (Å²) in [4.78, 5) is 11.2. The van der Waals surface area contributed by atoms with Crippen LogP contribution in [0, 0.1) is 5.92 Å². The van der Waals surface area contributed by atoms with Crippen LogP contribution in [0.4, 0.5) is 0 Å². The standard InChI is InChI=1S/C9H12O6S/c10-6(3-16(11)12)15-8-5-1-4-2-13-9(8)7(4)14-5/h4-5,7-9H,1-3H2,(H,11,12)/p-1. The molecule has 0 aromatic rings. The van der Waals surface area contributed by atoms with E-state index in [-0.39, 0.29) is 18.3 Å². The van der Waals surface area contributed by atoms with Crippen molar-refractivity contribution in [2.45, 2.75) is 30.8 Å². The zero-order valence-corrected chi connectivity index (χ0v) is 9.18. The fraction of sp³-hybridized carbons (Fsp3) is 0.889. The average molecular weight is 247 g/mol. The Bertz CT molecular complexity index is 343. The molecule has 3 aliphatic heterocycles. The first kappa shape index (κ1) is 10.6. The van der Waals surface area contributed by atoms with Gasteiger partial charge < -0.3 is 18.8 Å². The number of carbonyl (C=O) groups is 1. The molecule has 3 rings (SSSR count). The van der Waals surface area contributed by atoms with E-state index in [2.05, 4.69) is 0 Å². The molecule has 2 bridgehead atoms. The van der Waals surface area contributed by atoms with Crippen molar-refractivity contribution in [2.75, 3.05) is 12.4 Å². The quantitative estimate of drug-likeness (QED) is 0.468. The Balaban J connectivity index is 1.64. The molecule has 0 aromatic heterocycles. The zero-order valence-electron chi connectivity index (χ0n) is 8.37. The molecule has 6 atom stereocenters. The second-order valence-corrected chi connectivity index (χ2v) is 5.23. The van der Waals surface area contributed by atoms with Crippen LogP contribution >= 0.6 is 0 Å². The van der Waals surface area contributed by atoms with Crippen LogP contribution in [-0.2, 0) is 30.1 Å². The number of esters is 1. The lowest BCUT2D eigenvalue weighted by atomic mass is 9.88. The third-order valence-electron chi connectivity index (χ3n) is 3.35. The van der Waals surface area contributed by atoms with E-state index in [1.165, 1.54) is 0 Å². The third-order valence-corrected chi connectivity index (χ3v) is 3.82. The minimum absolute atomic E-state index is 0.0283. The monoisotopic (exact) mass is 247 g/mol. The van der Waals surface area contributed by atoms with Crippen molar-refractivity contribution in [3.63, 3.8) is 0 Å². The van der Waals surface area contributed by atoms with Gasteiger partial charge in [0.05, 0.1) is 18.8 Å². The summed E-state index contributed by atoms with van der Waals surface area (Å²) in [7, 11) is 0. The Hall–Kier alpha value is -0.500. The van der Waals surface area contributed by atoms with Crippen molar-refractivity contribution in [3.8, 4) is 0 Å². The van der Waals surface area contributed by atoms with Crippen molar-refractivity contribution in [3.05, 3.63) is 0 Å². The smallest absolute Gasteiger partial charge is 0.317 e. The second-order valence-electron chi connectivity index (χ2n) is 4.34. The summed E-state index contributed by atoms with van der Waals surface area (Å²) in [5, 5.41) is 0. The van der Waals surface area contributed by atoms with Gasteiger partial charge in [-0.05, 0) is 17.5 Å². The van der Waals surface area contributed by atoms with Crippen molar-refractivity contribution >= 4 is 17.0 Å². The van der Waals surface area contributed by atoms with Gasteiger partial charge >= 0.3 is 5.97 Å². The van der Waals surface area contributed by atoms with Crippen LogP contribution in [0.15, 0.2) is 0 Å². The van der Waals surface area contributed by atoms with Gasteiger partial charge in [-0.15, -0.1) is 0 Å². The predicted octanol–water partition coefficient (Wildman–Crippen LogP) is -1.04. The number of rotatable bonds is 3. The molecule has 90 valence electrons. The Morgan fingerprint density at radius 2 is 2.31 bits per heavy atom. The maximum atomic E-state index is 11.2. The number of hydrogen-bond donors (Lipinski definition) is 0. The Morgan fingerprint density at radius 1 is 1.50 bits per heavy atom. The van der Waals surface area contributed by atoms with E-state index in [9.17, 15) is 13.6 Å². The number of hydrogen-bond acceptors (Lipinski definition) is 6. The molecule has 16 heavy (non-hydrogen) atoms. The summed E-state index contributed by atoms with van der Waals surface area (Å²) in [5.41, 5.74) is 0. The topological polar surface area (TPSA) is 84.9 Å². The van der Waals surface area contributed by atoms with Gasteiger partial charge in [-0.2, -0.15) is 0 Å². The van der Waals surface area contributed by atoms with Crippen LogP contribution in [0.3, 0.4) is 0 Å². The largest absolute Gasteiger partial charge is 0.772 e. The molecular formula is C9H11O6S-. The summed E-state index contributed by atoms with van der Waals surface area (Å²) in [6.07, 6.45) is 0.110. The molecular weight excluding hydrogens is 236 g/mol. The molecule has 0 N–H and O–H groups in total. The second kappa shape index (κ2) is 3.76. The minimum Gasteiger partial charge on any atom is -0.772 e. The highest BCUT2D eigenvalue weighted by atomic mass is 32.2. The lowest BCUT2D eigenvalue weighted by molar-refractivity contribution is -0.152. The zero-order chi connectivity index (χ0) is 11.3. The van der Waals surface area contributed by atoms with Crippen molar-refractivity contribution in [1.29, 1.82) is 0 Å². The molecule has 3 aliphatic rings. The Morgan fingerprint density at radius 3 is 3.06 bits per heavy atom. The van der Waals surface area contributed by atoms with Crippen molar-refractivity contribution in [1.82, 2.24) is 0 Å². The molecule has 6 unspecified atom stereocenters. The van der Waals surface area contributed by atoms with Gasteiger partial charge in [0, 0.05) is 5.92 Å². The molecule has 0 spiro atoms. The molecule has 0 saturated carbocycles. The van der Waals surface area contributed by atoms with E-state index in [1.54, 1.807) is 0 Å². The highest BCUT2D eigenvalue weighted by Crippen LogP contribution is 2.46. The molecule has 3 heterocycles. The van der Waals surface area contributed by atoms with E-state index >= 15 is 0 Å². The van der Waals surface area contributed by atoms with Gasteiger partial charge in [0.25, 0.3) is 0 Å². The van der Waals surface area contributed by atoms with Gasteiger partial charge in [-0.1, -0.05) is 0 Å². The average Bonchev–Trinajstić information content (AvgIpc) is 2.75. The van der Waals surface area contributed by atoms with Gasteiger partial charge in [0.1, 0.15) is 11.9 Å². The van der Waals surface area contributed by atoms with Crippen LogP contribution in [0.5, 0.6) is 0 Å². The number of carbonyl (C=O) groups excluding carboxylic acids is 1. The first-order chi connectivity index (χ1) is 7.65. The summed E-state index contributed by atoms with van der Waals surface area (Å²) in [6.45, 7) is 0.646. The minimum atomic E-state index is -2.41. The van der Waals surface area contributed by atoms with E-state index in [0.29, 0.717) is 12.5 Å². The Kier molecular flexibility index (Phi) is 2.50. The number of ether oxygens (including phenoxy) is 3. The van der Waals surface area contributed by atoms with Gasteiger partial charge in [-0.3, -0.25) is 9.00 Å². The van der Waals surface area contributed by atoms with Crippen LogP contribution in [0.1, 0.15) is 6.42 Å². The van der Waals surface area contributed by atoms with E-state index in [1.807, 2.05) is 0 Å². The first-order valence-electron chi connectivity index (χ1n) is 5.17. The van der Waals surface area contributed by atoms with E-state index < -0.39 is 28.9 Å². The lowest BCUT2D eigenvalue weighted by Crippen LogP contribution is -2.40. The molecule has 0 amide bonds.